The number of alkyl halides is 7. The standard InChI is InChI=1S/C20H22F7NO2/c1-10(29)9-28-17(30)16-7-6-14-13-5-3-12(8-11(13)2-4-15(14)16)18(21,19(22,23)24)20(25,26)27/h3,5,8,10,14-16,29H,2,4,6-7,9H2,1H3,(H,28,30)/t10-,14+,15-,16-/m1/s1. The molecular weight excluding hydrogens is 419 g/mol. The molecular formula is C20H22F7NO2. The summed E-state index contributed by atoms with van der Waals surface area (Å²) in [5, 5.41) is 12.0. The lowest BCUT2D eigenvalue weighted by Gasteiger charge is -2.34. The number of carbonyl (C=O) groups is 1. The van der Waals surface area contributed by atoms with Crippen molar-refractivity contribution in [3.63, 3.8) is 0 Å². The molecule has 4 atom stereocenters. The molecule has 1 saturated carbocycles. The quantitative estimate of drug-likeness (QED) is 0.675. The van der Waals surface area contributed by atoms with Crippen LogP contribution in [0.2, 0.25) is 0 Å². The summed E-state index contributed by atoms with van der Waals surface area (Å²) in [5.74, 6) is -0.846. The van der Waals surface area contributed by atoms with Gasteiger partial charge in [0, 0.05) is 18.0 Å². The number of aliphatic hydroxyl groups is 1. The fraction of sp³-hybridized carbons (Fsp3) is 0.650. The van der Waals surface area contributed by atoms with Crippen LogP contribution in [-0.2, 0) is 16.9 Å². The van der Waals surface area contributed by atoms with Crippen molar-refractivity contribution in [2.45, 2.75) is 62.7 Å². The van der Waals surface area contributed by atoms with Crippen LogP contribution in [0.3, 0.4) is 0 Å². The molecule has 0 spiro atoms. The highest BCUT2D eigenvalue weighted by Gasteiger charge is 2.73. The van der Waals surface area contributed by atoms with Crippen LogP contribution in [0.1, 0.15) is 48.8 Å². The molecule has 0 radical (unpaired) electrons. The topological polar surface area (TPSA) is 49.3 Å². The van der Waals surface area contributed by atoms with Crippen molar-refractivity contribution in [2.24, 2.45) is 11.8 Å². The van der Waals surface area contributed by atoms with Crippen LogP contribution >= 0.6 is 0 Å². The summed E-state index contributed by atoms with van der Waals surface area (Å²) in [4.78, 5) is 12.4. The van der Waals surface area contributed by atoms with E-state index in [4.69, 9.17) is 0 Å². The van der Waals surface area contributed by atoms with Gasteiger partial charge in [0.15, 0.2) is 0 Å². The maximum absolute atomic E-state index is 14.4. The van der Waals surface area contributed by atoms with Crippen molar-refractivity contribution in [1.82, 2.24) is 5.32 Å². The predicted octanol–water partition coefficient (Wildman–Crippen LogP) is 4.53. The van der Waals surface area contributed by atoms with E-state index in [0.29, 0.717) is 37.0 Å². The molecule has 0 unspecified atom stereocenters. The smallest absolute Gasteiger partial charge is 0.392 e. The van der Waals surface area contributed by atoms with Gasteiger partial charge in [-0.05, 0) is 55.6 Å². The average Bonchev–Trinajstić information content (AvgIpc) is 3.07. The maximum Gasteiger partial charge on any atom is 0.435 e. The van der Waals surface area contributed by atoms with Gasteiger partial charge in [-0.1, -0.05) is 18.2 Å². The lowest BCUT2D eigenvalue weighted by Crippen LogP contribution is -2.50. The van der Waals surface area contributed by atoms with Crippen LogP contribution in [0.4, 0.5) is 30.7 Å². The van der Waals surface area contributed by atoms with E-state index < -0.39 is 29.7 Å². The molecule has 2 aliphatic rings. The van der Waals surface area contributed by atoms with Gasteiger partial charge < -0.3 is 10.4 Å². The first-order chi connectivity index (χ1) is 13.8. The van der Waals surface area contributed by atoms with Crippen LogP contribution in [0.15, 0.2) is 18.2 Å². The van der Waals surface area contributed by atoms with E-state index in [2.05, 4.69) is 5.32 Å². The van der Waals surface area contributed by atoms with Crippen molar-refractivity contribution >= 4 is 5.91 Å². The highest BCUT2D eigenvalue weighted by Crippen LogP contribution is 2.55. The molecule has 1 aromatic carbocycles. The molecule has 30 heavy (non-hydrogen) atoms. The third-order valence-electron chi connectivity index (χ3n) is 6.20. The van der Waals surface area contributed by atoms with Crippen LogP contribution in [0.25, 0.3) is 0 Å². The molecule has 0 saturated heterocycles. The first-order valence-electron chi connectivity index (χ1n) is 9.68. The second kappa shape index (κ2) is 7.69. The summed E-state index contributed by atoms with van der Waals surface area (Å²) in [6.07, 6.45) is -11.3. The third-order valence-corrected chi connectivity index (χ3v) is 6.20. The Bertz CT molecular complexity index is 789. The SMILES string of the molecule is C[C@@H](O)CNC(=O)[C@@H]1CC[C@H]2c3ccc(C(F)(C(F)(F)F)C(F)(F)F)cc3CC[C@@H]12. The van der Waals surface area contributed by atoms with Gasteiger partial charge in [0.2, 0.25) is 5.91 Å². The number of amides is 1. The number of halogens is 7. The lowest BCUT2D eigenvalue weighted by atomic mass is 9.73. The summed E-state index contributed by atoms with van der Waals surface area (Å²) in [6.45, 7) is 1.62. The molecule has 3 rings (SSSR count). The minimum atomic E-state index is -6.14. The highest BCUT2D eigenvalue weighted by atomic mass is 19.4. The Morgan fingerprint density at radius 1 is 1.10 bits per heavy atom. The lowest BCUT2D eigenvalue weighted by molar-refractivity contribution is -0.348. The van der Waals surface area contributed by atoms with E-state index in [-0.39, 0.29) is 42.2 Å². The number of nitrogens with one attached hydrogen (secondary N) is 1. The molecule has 0 bridgehead atoms. The van der Waals surface area contributed by atoms with Gasteiger partial charge in [0.1, 0.15) is 0 Å². The molecule has 2 N–H and O–H groups in total. The predicted molar refractivity (Wildman–Crippen MR) is 93.3 cm³/mol. The second-order valence-corrected chi connectivity index (χ2v) is 8.15. The number of hydrogen-bond acceptors (Lipinski definition) is 2. The minimum absolute atomic E-state index is 0.0974. The normalized spacial score (nSPS) is 25.4. The second-order valence-electron chi connectivity index (χ2n) is 8.15. The third kappa shape index (κ3) is 3.78. The van der Waals surface area contributed by atoms with Gasteiger partial charge in [0.25, 0.3) is 0 Å². The van der Waals surface area contributed by atoms with Gasteiger partial charge in [-0.25, -0.2) is 4.39 Å². The Hall–Kier alpha value is -1.84. The van der Waals surface area contributed by atoms with Crippen molar-refractivity contribution in [2.75, 3.05) is 6.54 Å². The Morgan fingerprint density at radius 2 is 1.73 bits per heavy atom. The monoisotopic (exact) mass is 441 g/mol. The summed E-state index contributed by atoms with van der Waals surface area (Å²) < 4.78 is 92.6. The number of carbonyl (C=O) groups excluding carboxylic acids is 1. The van der Waals surface area contributed by atoms with Crippen LogP contribution < -0.4 is 5.32 Å². The molecule has 2 aliphatic carbocycles. The Kier molecular flexibility index (Phi) is 5.85. The summed E-state index contributed by atoms with van der Waals surface area (Å²) >= 11 is 0. The zero-order valence-corrected chi connectivity index (χ0v) is 16.1. The van der Waals surface area contributed by atoms with Gasteiger partial charge in [-0.3, -0.25) is 4.79 Å². The van der Waals surface area contributed by atoms with Gasteiger partial charge in [-0.15, -0.1) is 0 Å². The van der Waals surface area contributed by atoms with Crippen molar-refractivity contribution in [3.05, 3.63) is 34.9 Å². The molecule has 3 nitrogen and oxygen atoms in total. The molecule has 0 aliphatic heterocycles. The molecule has 0 heterocycles. The fourth-order valence-corrected chi connectivity index (χ4v) is 4.77. The van der Waals surface area contributed by atoms with E-state index in [1.165, 1.54) is 6.92 Å². The van der Waals surface area contributed by atoms with Gasteiger partial charge in [-0.2, -0.15) is 26.3 Å². The Morgan fingerprint density at radius 3 is 2.30 bits per heavy atom. The van der Waals surface area contributed by atoms with Crippen molar-refractivity contribution in [3.8, 4) is 0 Å². The number of hydrogen-bond donors (Lipinski definition) is 2. The van der Waals surface area contributed by atoms with E-state index >= 15 is 0 Å². The van der Waals surface area contributed by atoms with Crippen molar-refractivity contribution in [1.29, 1.82) is 0 Å². The molecule has 1 amide bonds. The largest absolute Gasteiger partial charge is 0.435 e. The highest BCUT2D eigenvalue weighted by molar-refractivity contribution is 5.79. The molecule has 0 aromatic heterocycles. The zero-order chi connectivity index (χ0) is 22.5. The number of aliphatic hydroxyl groups excluding tert-OH is 1. The Balaban J connectivity index is 1.88. The van der Waals surface area contributed by atoms with Crippen LogP contribution in [0, 0.1) is 11.8 Å². The van der Waals surface area contributed by atoms with Gasteiger partial charge in [0.05, 0.1) is 6.10 Å². The summed E-state index contributed by atoms with van der Waals surface area (Å²) in [6, 6.07) is 2.37. The van der Waals surface area contributed by atoms with Crippen molar-refractivity contribution < 1.29 is 40.6 Å². The number of fused-ring (bicyclic) bond motifs is 3. The summed E-state index contributed by atoms with van der Waals surface area (Å²) in [5.41, 5.74) is -6.07. The zero-order valence-electron chi connectivity index (χ0n) is 16.1. The average molecular weight is 441 g/mol. The van der Waals surface area contributed by atoms with E-state index in [9.17, 15) is 40.6 Å². The molecule has 1 aromatic rings. The Labute approximate surface area is 168 Å². The van der Waals surface area contributed by atoms with E-state index in [1.807, 2.05) is 0 Å². The van der Waals surface area contributed by atoms with E-state index in [1.54, 1.807) is 0 Å². The first-order valence-corrected chi connectivity index (χ1v) is 9.68. The maximum atomic E-state index is 14.4. The molecule has 10 heteroatoms. The first kappa shape index (κ1) is 22.8. The molecule has 1 fully saturated rings. The van der Waals surface area contributed by atoms with Crippen LogP contribution in [-0.4, -0.2) is 36.0 Å². The number of rotatable bonds is 4. The van der Waals surface area contributed by atoms with E-state index in [0.717, 1.165) is 6.07 Å². The summed E-state index contributed by atoms with van der Waals surface area (Å²) in [7, 11) is 0. The number of benzene rings is 1. The van der Waals surface area contributed by atoms with Crippen LogP contribution in [0.5, 0.6) is 0 Å². The fourth-order valence-electron chi connectivity index (χ4n) is 4.77. The minimum Gasteiger partial charge on any atom is -0.392 e. The number of aryl methyl sites for hydroxylation is 1. The molecule has 168 valence electrons. The van der Waals surface area contributed by atoms with Gasteiger partial charge >= 0.3 is 18.0 Å².